The van der Waals surface area contributed by atoms with Crippen LogP contribution in [-0.2, 0) is 10.2 Å². The first-order valence-electron chi connectivity index (χ1n) is 7.13. The average molecular weight is 316 g/mol. The standard InChI is InChI=1S/C16H16N2O3S/c1-8(2)6-10-4-5-11-13(21-11)16(10,7-17)15-18-9(3)12(22-15)14(19)20/h4-5,8,10H,6H2,1-3H3,(H,19,20). The fourth-order valence-corrected chi connectivity index (χ4v) is 4.06. The molecule has 0 spiro atoms. The van der Waals surface area contributed by atoms with Crippen molar-refractivity contribution >= 4 is 17.3 Å². The SMILES string of the molecule is Cc1nc(C2(C#N)C3=C(C=CC2CC(C)C)O3)sc1C(=O)O. The Morgan fingerprint density at radius 3 is 2.91 bits per heavy atom. The van der Waals surface area contributed by atoms with Crippen LogP contribution in [0.4, 0.5) is 0 Å². The van der Waals surface area contributed by atoms with E-state index in [0.29, 0.717) is 28.1 Å². The fraction of sp³-hybridized carbons (Fsp3) is 0.438. The van der Waals surface area contributed by atoms with Crippen LogP contribution in [0.25, 0.3) is 0 Å². The van der Waals surface area contributed by atoms with E-state index in [1.165, 1.54) is 0 Å². The van der Waals surface area contributed by atoms with E-state index < -0.39 is 11.4 Å². The zero-order valence-corrected chi connectivity index (χ0v) is 13.4. The highest BCUT2D eigenvalue weighted by Crippen LogP contribution is 2.55. The van der Waals surface area contributed by atoms with Crippen molar-refractivity contribution in [3.63, 3.8) is 0 Å². The highest BCUT2D eigenvalue weighted by molar-refractivity contribution is 7.14. The molecule has 2 aliphatic rings. The summed E-state index contributed by atoms with van der Waals surface area (Å²) in [5.74, 6) is 0.682. The molecule has 2 unspecified atom stereocenters. The Kier molecular flexibility index (Phi) is 3.33. The van der Waals surface area contributed by atoms with E-state index in [2.05, 4.69) is 24.9 Å². The normalized spacial score (nSPS) is 25.7. The maximum absolute atomic E-state index is 11.3. The van der Waals surface area contributed by atoms with Crippen molar-refractivity contribution in [2.75, 3.05) is 0 Å². The van der Waals surface area contributed by atoms with Gasteiger partial charge >= 0.3 is 5.97 Å². The third-order valence-electron chi connectivity index (χ3n) is 4.02. The van der Waals surface area contributed by atoms with Gasteiger partial charge in [0.05, 0.1) is 11.8 Å². The Hall–Kier alpha value is -2.13. The number of aromatic carboxylic acids is 1. The second-order valence-electron chi connectivity index (χ2n) is 6.05. The van der Waals surface area contributed by atoms with Crippen LogP contribution in [0.5, 0.6) is 0 Å². The number of carboxylic acid groups (broad SMARTS) is 1. The first-order valence-corrected chi connectivity index (χ1v) is 7.95. The summed E-state index contributed by atoms with van der Waals surface area (Å²) in [6, 6.07) is 2.38. The summed E-state index contributed by atoms with van der Waals surface area (Å²) in [5.41, 5.74) is -0.542. The number of aryl methyl sites for hydroxylation is 1. The number of nitriles is 1. The zero-order chi connectivity index (χ0) is 16.1. The summed E-state index contributed by atoms with van der Waals surface area (Å²) < 4.78 is 5.50. The van der Waals surface area contributed by atoms with Gasteiger partial charge in [-0.15, -0.1) is 11.3 Å². The number of ether oxygens (including phenoxy) is 1. The maximum Gasteiger partial charge on any atom is 0.347 e. The third kappa shape index (κ3) is 2.04. The van der Waals surface area contributed by atoms with E-state index in [4.69, 9.17) is 4.74 Å². The number of carbonyl (C=O) groups is 1. The van der Waals surface area contributed by atoms with Crippen LogP contribution in [0.2, 0.25) is 0 Å². The minimum Gasteiger partial charge on any atom is -0.477 e. The molecule has 0 fully saturated rings. The lowest BCUT2D eigenvalue weighted by Crippen LogP contribution is -2.34. The molecule has 1 aromatic rings. The highest BCUT2D eigenvalue weighted by Gasteiger charge is 2.56. The molecular weight excluding hydrogens is 300 g/mol. The third-order valence-corrected chi connectivity index (χ3v) is 5.30. The molecule has 2 atom stereocenters. The van der Waals surface area contributed by atoms with Gasteiger partial charge in [0.25, 0.3) is 0 Å². The molecule has 3 rings (SSSR count). The van der Waals surface area contributed by atoms with Gasteiger partial charge in [0.15, 0.2) is 16.9 Å². The zero-order valence-electron chi connectivity index (χ0n) is 12.6. The summed E-state index contributed by atoms with van der Waals surface area (Å²) in [6.07, 6.45) is 4.70. The summed E-state index contributed by atoms with van der Waals surface area (Å²) in [4.78, 5) is 15.9. The van der Waals surface area contributed by atoms with Gasteiger partial charge in [-0.25, -0.2) is 9.78 Å². The van der Waals surface area contributed by atoms with Crippen LogP contribution in [0, 0.1) is 30.1 Å². The Bertz CT molecular complexity index is 754. The summed E-state index contributed by atoms with van der Waals surface area (Å²) in [7, 11) is 0. The van der Waals surface area contributed by atoms with Crippen LogP contribution in [0.15, 0.2) is 23.7 Å². The molecule has 0 saturated carbocycles. The van der Waals surface area contributed by atoms with E-state index >= 15 is 0 Å². The highest BCUT2D eigenvalue weighted by atomic mass is 32.1. The Morgan fingerprint density at radius 2 is 2.36 bits per heavy atom. The smallest absolute Gasteiger partial charge is 0.347 e. The number of rotatable bonds is 4. The van der Waals surface area contributed by atoms with Crippen LogP contribution in [0.1, 0.15) is 40.6 Å². The Morgan fingerprint density at radius 1 is 1.64 bits per heavy atom. The van der Waals surface area contributed by atoms with Crippen molar-refractivity contribution in [3.05, 3.63) is 39.2 Å². The van der Waals surface area contributed by atoms with Crippen molar-refractivity contribution in [2.45, 2.75) is 32.6 Å². The lowest BCUT2D eigenvalue weighted by molar-refractivity contribution is 0.0701. The molecule has 5 nitrogen and oxygen atoms in total. The molecule has 0 amide bonds. The minimum atomic E-state index is -1.01. The average Bonchev–Trinajstić information content (AvgIpc) is 3.13. The van der Waals surface area contributed by atoms with Crippen molar-refractivity contribution < 1.29 is 14.6 Å². The predicted molar refractivity (Wildman–Crippen MR) is 81.3 cm³/mol. The van der Waals surface area contributed by atoms with Gasteiger partial charge in [-0.05, 0) is 25.3 Å². The molecule has 0 radical (unpaired) electrons. The molecule has 6 heteroatoms. The van der Waals surface area contributed by atoms with E-state index in [-0.39, 0.29) is 10.8 Å². The first kappa shape index (κ1) is 14.8. The summed E-state index contributed by atoms with van der Waals surface area (Å²) in [5, 5.41) is 19.7. The molecule has 1 aromatic heterocycles. The van der Waals surface area contributed by atoms with Crippen molar-refractivity contribution in [1.82, 2.24) is 4.98 Å². The van der Waals surface area contributed by atoms with E-state index in [9.17, 15) is 15.2 Å². The summed E-state index contributed by atoms with van der Waals surface area (Å²) >= 11 is 1.08. The lowest BCUT2D eigenvalue weighted by atomic mass is 9.70. The maximum atomic E-state index is 11.3. The van der Waals surface area contributed by atoms with Crippen molar-refractivity contribution in [1.29, 1.82) is 5.26 Å². The topological polar surface area (TPSA) is 86.5 Å². The number of thiazole rings is 1. The predicted octanol–water partition coefficient (Wildman–Crippen LogP) is 3.39. The molecule has 114 valence electrons. The van der Waals surface area contributed by atoms with Crippen molar-refractivity contribution in [3.8, 4) is 6.07 Å². The van der Waals surface area contributed by atoms with E-state index in [0.717, 1.165) is 17.8 Å². The van der Waals surface area contributed by atoms with Crippen LogP contribution in [-0.4, -0.2) is 16.1 Å². The number of carboxylic acids is 1. The van der Waals surface area contributed by atoms with Gasteiger partial charge < -0.3 is 9.84 Å². The number of hydrogen-bond acceptors (Lipinski definition) is 5. The first-order chi connectivity index (χ1) is 10.4. The van der Waals surface area contributed by atoms with Crippen LogP contribution >= 0.6 is 11.3 Å². The molecule has 22 heavy (non-hydrogen) atoms. The second kappa shape index (κ2) is 4.96. The van der Waals surface area contributed by atoms with Crippen molar-refractivity contribution in [2.24, 2.45) is 11.8 Å². The van der Waals surface area contributed by atoms with Gasteiger partial charge in [0, 0.05) is 5.92 Å². The molecule has 0 bridgehead atoms. The molecule has 1 aliphatic heterocycles. The molecule has 1 N–H and O–H groups in total. The number of nitrogens with zero attached hydrogens (tertiary/aromatic N) is 2. The number of allylic oxidation sites excluding steroid dienone is 3. The quantitative estimate of drug-likeness (QED) is 0.920. The minimum absolute atomic E-state index is 0.0639. The van der Waals surface area contributed by atoms with E-state index in [1.807, 2.05) is 12.2 Å². The molecular formula is C16H16N2O3S. The molecule has 0 saturated heterocycles. The van der Waals surface area contributed by atoms with Gasteiger partial charge in [0.1, 0.15) is 9.88 Å². The van der Waals surface area contributed by atoms with Gasteiger partial charge in [0.2, 0.25) is 0 Å². The number of aromatic nitrogens is 1. The second-order valence-corrected chi connectivity index (χ2v) is 7.05. The van der Waals surface area contributed by atoms with Gasteiger partial charge in [-0.2, -0.15) is 5.26 Å². The Labute approximate surface area is 132 Å². The largest absolute Gasteiger partial charge is 0.477 e. The van der Waals surface area contributed by atoms with E-state index in [1.54, 1.807) is 6.92 Å². The molecule has 0 aromatic carbocycles. The molecule has 2 heterocycles. The van der Waals surface area contributed by atoms with Gasteiger partial charge in [-0.1, -0.05) is 19.9 Å². The lowest BCUT2D eigenvalue weighted by Gasteiger charge is -2.29. The Balaban J connectivity index is 2.12. The van der Waals surface area contributed by atoms with Crippen LogP contribution < -0.4 is 0 Å². The fourth-order valence-electron chi connectivity index (χ4n) is 2.95. The molecule has 1 aliphatic carbocycles. The number of hydrogen-bond donors (Lipinski definition) is 1. The summed E-state index contributed by atoms with van der Waals surface area (Å²) in [6.45, 7) is 5.86. The monoisotopic (exact) mass is 316 g/mol. The van der Waals surface area contributed by atoms with Gasteiger partial charge in [-0.3, -0.25) is 0 Å². The van der Waals surface area contributed by atoms with Crippen LogP contribution in [0.3, 0.4) is 0 Å².